The summed E-state index contributed by atoms with van der Waals surface area (Å²) in [6.45, 7) is 3.01. The Morgan fingerprint density at radius 3 is 2.54 bits per heavy atom. The van der Waals surface area contributed by atoms with Crippen molar-refractivity contribution in [3.05, 3.63) is 57.4 Å². The summed E-state index contributed by atoms with van der Waals surface area (Å²) in [4.78, 5) is 35.2. The van der Waals surface area contributed by atoms with Crippen molar-refractivity contribution in [2.45, 2.75) is 26.7 Å². The lowest BCUT2D eigenvalue weighted by atomic mass is 10.1. The molecule has 28 heavy (non-hydrogen) atoms. The van der Waals surface area contributed by atoms with Crippen molar-refractivity contribution in [3.8, 4) is 0 Å². The van der Waals surface area contributed by atoms with Gasteiger partial charge in [0.2, 0.25) is 11.8 Å². The molecular weight excluding hydrogens is 403 g/mol. The van der Waals surface area contributed by atoms with Gasteiger partial charge >= 0.3 is 0 Å². The van der Waals surface area contributed by atoms with E-state index in [1.165, 1.54) is 19.1 Å². The molecule has 7 nitrogen and oxygen atoms in total. The van der Waals surface area contributed by atoms with E-state index >= 15 is 0 Å². The first-order valence-corrected chi connectivity index (χ1v) is 9.02. The molecule has 0 fully saturated rings. The zero-order valence-corrected chi connectivity index (χ0v) is 16.7. The third-order valence-electron chi connectivity index (χ3n) is 3.49. The molecule has 0 unspecified atom stereocenters. The van der Waals surface area contributed by atoms with Crippen molar-refractivity contribution in [1.29, 1.82) is 0 Å². The van der Waals surface area contributed by atoms with E-state index in [2.05, 4.69) is 26.9 Å². The monoisotopic (exact) mass is 420 g/mol. The molecule has 0 aromatic heterocycles. The van der Waals surface area contributed by atoms with Gasteiger partial charge in [-0.05, 0) is 25.1 Å². The summed E-state index contributed by atoms with van der Waals surface area (Å²) in [5.41, 5.74) is 6.98. The van der Waals surface area contributed by atoms with Crippen LogP contribution in [0.1, 0.15) is 26.7 Å². The highest BCUT2D eigenvalue weighted by Gasteiger charge is 2.12. The normalized spacial score (nSPS) is 13.4. The SMILES string of the molecule is CC(=O)NC1=CCC(C(=O)NN=C(C)CC(=O)Nc2ccc(Cl)cc2Cl)=C=C1. The Morgan fingerprint density at radius 1 is 1.18 bits per heavy atom. The number of rotatable bonds is 6. The molecule has 0 heterocycles. The lowest BCUT2D eigenvalue weighted by Crippen LogP contribution is -2.24. The number of allylic oxidation sites excluding steroid dienone is 2. The maximum Gasteiger partial charge on any atom is 0.275 e. The molecular formula is C19H18Cl2N4O3. The number of hydrazone groups is 1. The summed E-state index contributed by atoms with van der Waals surface area (Å²) < 4.78 is 0. The zero-order valence-electron chi connectivity index (χ0n) is 15.2. The zero-order chi connectivity index (χ0) is 20.7. The molecule has 1 aromatic rings. The van der Waals surface area contributed by atoms with E-state index in [-0.39, 0.29) is 18.2 Å². The van der Waals surface area contributed by atoms with Crippen LogP contribution < -0.4 is 16.1 Å². The maximum absolute atomic E-state index is 12.1. The number of nitrogens with zero attached hydrogens (tertiary/aromatic N) is 1. The van der Waals surface area contributed by atoms with Gasteiger partial charge in [-0.15, -0.1) is 5.73 Å². The summed E-state index contributed by atoms with van der Waals surface area (Å²) >= 11 is 11.8. The molecule has 0 bridgehead atoms. The Hall–Kier alpha value is -2.86. The summed E-state index contributed by atoms with van der Waals surface area (Å²) in [5, 5.41) is 9.98. The molecule has 3 N–H and O–H groups in total. The van der Waals surface area contributed by atoms with Crippen molar-refractivity contribution in [3.63, 3.8) is 0 Å². The number of carbonyl (C=O) groups is 3. The van der Waals surface area contributed by atoms with Gasteiger partial charge in [-0.1, -0.05) is 29.3 Å². The summed E-state index contributed by atoms with van der Waals surface area (Å²) in [6, 6.07) is 4.74. The van der Waals surface area contributed by atoms with E-state index < -0.39 is 5.91 Å². The first-order valence-electron chi connectivity index (χ1n) is 8.26. The molecule has 1 aliphatic rings. The standard InChI is InChI=1S/C19H18Cl2N4O3/c1-11(9-18(27)23-17-8-5-14(20)10-16(17)21)24-25-19(28)13-3-6-15(7-4-13)22-12(2)26/h5-8,10H,3,9H2,1-2H3,(H,22,26)(H,23,27)(H,25,28). The Bertz CT molecular complexity index is 944. The number of hydrogen-bond donors (Lipinski definition) is 3. The highest BCUT2D eigenvalue weighted by molar-refractivity contribution is 6.36. The minimum atomic E-state index is -0.435. The van der Waals surface area contributed by atoms with E-state index in [4.69, 9.17) is 23.2 Å². The second-order valence-electron chi connectivity index (χ2n) is 5.95. The van der Waals surface area contributed by atoms with Crippen molar-refractivity contribution in [2.75, 3.05) is 5.32 Å². The van der Waals surface area contributed by atoms with Crippen molar-refractivity contribution >= 4 is 52.3 Å². The van der Waals surface area contributed by atoms with Gasteiger partial charge in [0, 0.05) is 35.9 Å². The Balaban J connectivity index is 1.88. The fourth-order valence-electron chi connectivity index (χ4n) is 2.21. The quantitative estimate of drug-likeness (QED) is 0.373. The summed E-state index contributed by atoms with van der Waals surface area (Å²) in [6.07, 6.45) is 3.50. The summed E-state index contributed by atoms with van der Waals surface area (Å²) in [7, 11) is 0. The molecule has 2 rings (SSSR count). The van der Waals surface area contributed by atoms with Crippen LogP contribution in [0.4, 0.5) is 5.69 Å². The average molecular weight is 421 g/mol. The molecule has 0 saturated heterocycles. The minimum Gasteiger partial charge on any atom is -0.326 e. The number of halogens is 2. The topological polar surface area (TPSA) is 99.7 Å². The van der Waals surface area contributed by atoms with E-state index in [0.717, 1.165) is 0 Å². The van der Waals surface area contributed by atoms with Crippen molar-refractivity contribution in [2.24, 2.45) is 5.10 Å². The Morgan fingerprint density at radius 2 is 1.93 bits per heavy atom. The highest BCUT2D eigenvalue weighted by Crippen LogP contribution is 2.25. The van der Waals surface area contributed by atoms with E-state index in [0.29, 0.717) is 39.1 Å². The van der Waals surface area contributed by atoms with Crippen LogP contribution in [-0.4, -0.2) is 23.4 Å². The fraction of sp³-hybridized carbons (Fsp3) is 0.211. The second kappa shape index (κ2) is 9.90. The lowest BCUT2D eigenvalue weighted by Gasteiger charge is -2.09. The number of hydrogen-bond acceptors (Lipinski definition) is 4. The van der Waals surface area contributed by atoms with Gasteiger partial charge in [-0.25, -0.2) is 5.43 Å². The van der Waals surface area contributed by atoms with Crippen LogP contribution >= 0.6 is 23.2 Å². The van der Waals surface area contributed by atoms with Crippen LogP contribution in [0.2, 0.25) is 10.0 Å². The van der Waals surface area contributed by atoms with E-state index in [1.807, 2.05) is 0 Å². The molecule has 0 saturated carbocycles. The van der Waals surface area contributed by atoms with Crippen LogP contribution in [0, 0.1) is 0 Å². The maximum atomic E-state index is 12.1. The first-order chi connectivity index (χ1) is 13.2. The lowest BCUT2D eigenvalue weighted by molar-refractivity contribution is -0.118. The molecule has 3 amide bonds. The first kappa shape index (κ1) is 21.4. The van der Waals surface area contributed by atoms with Gasteiger partial charge in [0.05, 0.1) is 22.7 Å². The number of benzene rings is 1. The van der Waals surface area contributed by atoms with Crippen LogP contribution in [0.15, 0.2) is 52.5 Å². The Labute approximate surface area is 172 Å². The number of carbonyl (C=O) groups excluding carboxylic acids is 3. The molecule has 0 radical (unpaired) electrons. The van der Waals surface area contributed by atoms with Gasteiger partial charge in [-0.2, -0.15) is 5.10 Å². The highest BCUT2D eigenvalue weighted by atomic mass is 35.5. The van der Waals surface area contributed by atoms with E-state index in [1.54, 1.807) is 25.1 Å². The van der Waals surface area contributed by atoms with Crippen LogP contribution in [0.25, 0.3) is 0 Å². The van der Waals surface area contributed by atoms with Gasteiger partial charge < -0.3 is 10.6 Å². The molecule has 0 aliphatic heterocycles. The van der Waals surface area contributed by atoms with Crippen LogP contribution in [0.5, 0.6) is 0 Å². The van der Waals surface area contributed by atoms with Crippen molar-refractivity contribution in [1.82, 2.24) is 10.7 Å². The second-order valence-corrected chi connectivity index (χ2v) is 6.79. The molecule has 9 heteroatoms. The van der Waals surface area contributed by atoms with Crippen LogP contribution in [-0.2, 0) is 14.4 Å². The minimum absolute atomic E-state index is 0.0271. The number of anilines is 1. The van der Waals surface area contributed by atoms with E-state index in [9.17, 15) is 14.4 Å². The molecule has 1 aromatic carbocycles. The average Bonchev–Trinajstić information content (AvgIpc) is 2.62. The summed E-state index contributed by atoms with van der Waals surface area (Å²) in [5.74, 6) is -0.968. The van der Waals surface area contributed by atoms with Gasteiger partial charge in [0.15, 0.2) is 0 Å². The van der Waals surface area contributed by atoms with Crippen molar-refractivity contribution < 1.29 is 14.4 Å². The fourth-order valence-corrected chi connectivity index (χ4v) is 2.67. The third kappa shape index (κ3) is 6.70. The van der Waals surface area contributed by atoms with Crippen LogP contribution in [0.3, 0.4) is 0 Å². The predicted octanol–water partition coefficient (Wildman–Crippen LogP) is 3.32. The number of amides is 3. The van der Waals surface area contributed by atoms with Gasteiger partial charge in [0.25, 0.3) is 5.91 Å². The third-order valence-corrected chi connectivity index (χ3v) is 4.04. The van der Waals surface area contributed by atoms with Gasteiger partial charge in [-0.3, -0.25) is 14.4 Å². The Kier molecular flexibility index (Phi) is 7.58. The molecule has 1 aliphatic carbocycles. The largest absolute Gasteiger partial charge is 0.326 e. The molecule has 0 atom stereocenters. The smallest absolute Gasteiger partial charge is 0.275 e. The molecule has 0 spiro atoms. The van der Waals surface area contributed by atoms with Gasteiger partial charge in [0.1, 0.15) is 0 Å². The predicted molar refractivity (Wildman–Crippen MR) is 109 cm³/mol. The molecule has 146 valence electrons. The number of nitrogens with one attached hydrogen (secondary N) is 3.